The highest BCUT2D eigenvalue weighted by Crippen LogP contribution is 2.49. The van der Waals surface area contributed by atoms with Gasteiger partial charge >= 0.3 is 0 Å². The zero-order valence-electron chi connectivity index (χ0n) is 35.2. The zero-order chi connectivity index (χ0) is 42.3. The van der Waals surface area contributed by atoms with Crippen LogP contribution in [-0.2, 0) is 12.8 Å². The molecule has 302 valence electrons. The summed E-state index contributed by atoms with van der Waals surface area (Å²) in [4.78, 5) is 11.5. The topological polar surface area (TPSA) is 42.8 Å². The molecule has 4 nitrogen and oxygen atoms in total. The molecule has 2 aliphatic carbocycles. The third-order valence-corrected chi connectivity index (χ3v) is 14.5. The average molecular weight is 828 g/mol. The van der Waals surface area contributed by atoms with Gasteiger partial charge in [0.1, 0.15) is 17.2 Å². The van der Waals surface area contributed by atoms with E-state index in [4.69, 9.17) is 14.4 Å². The maximum Gasteiger partial charge on any atom is 0.156 e. The molecule has 0 saturated heterocycles. The molecule has 0 amide bonds. The molecule has 4 heteroatoms. The van der Waals surface area contributed by atoms with Crippen molar-refractivity contribution in [2.45, 2.75) is 18.9 Å². The third-order valence-electron chi connectivity index (χ3n) is 14.5. The fourth-order valence-corrected chi connectivity index (χ4v) is 11.7. The van der Waals surface area contributed by atoms with Crippen LogP contribution in [0.5, 0.6) is 0 Å². The summed E-state index contributed by atoms with van der Waals surface area (Å²) in [5.41, 5.74) is 19.9. The number of benzene rings is 10. The fourth-order valence-electron chi connectivity index (χ4n) is 11.7. The van der Waals surface area contributed by atoms with E-state index in [0.29, 0.717) is 0 Å². The van der Waals surface area contributed by atoms with Crippen molar-refractivity contribution in [1.82, 2.24) is 4.57 Å². The second kappa shape index (κ2) is 13.1. The highest BCUT2D eigenvalue weighted by molar-refractivity contribution is 6.26. The summed E-state index contributed by atoms with van der Waals surface area (Å²) in [7, 11) is 0. The Morgan fingerprint density at radius 2 is 1.18 bits per heavy atom. The van der Waals surface area contributed by atoms with E-state index >= 15 is 0 Å². The molecule has 0 fully saturated rings. The van der Waals surface area contributed by atoms with Gasteiger partial charge in [-0.3, -0.25) is 4.99 Å². The lowest BCUT2D eigenvalue weighted by atomic mass is 9.89. The van der Waals surface area contributed by atoms with Crippen LogP contribution < -0.4 is 0 Å². The number of aromatic nitrogens is 1. The number of nitrogens with zero attached hydrogens (tertiary/aromatic N) is 3. The van der Waals surface area contributed by atoms with E-state index in [9.17, 15) is 0 Å². The van der Waals surface area contributed by atoms with E-state index in [1.807, 2.05) is 6.07 Å². The summed E-state index contributed by atoms with van der Waals surface area (Å²) in [5.74, 6) is 0.745. The van der Waals surface area contributed by atoms with Gasteiger partial charge in [-0.05, 0) is 121 Å². The van der Waals surface area contributed by atoms with Crippen LogP contribution in [0.2, 0.25) is 0 Å². The largest absolute Gasteiger partial charge is 0.456 e. The van der Waals surface area contributed by atoms with Crippen molar-refractivity contribution in [2.75, 3.05) is 0 Å². The molecular weight excluding hydrogens is 791 g/mol. The fraction of sp³-hybridized carbons (Fsp3) is 0.0492. The molecule has 1 unspecified atom stereocenters. The van der Waals surface area contributed by atoms with E-state index in [-0.39, 0.29) is 6.04 Å². The molecule has 1 aliphatic heterocycles. The first-order chi connectivity index (χ1) is 32.2. The van der Waals surface area contributed by atoms with Crippen LogP contribution in [0.3, 0.4) is 0 Å². The molecule has 0 bridgehead atoms. The Bertz CT molecular complexity index is 4140. The summed E-state index contributed by atoms with van der Waals surface area (Å²) >= 11 is 0. The maximum atomic E-state index is 6.50. The molecule has 2 aromatic heterocycles. The summed E-state index contributed by atoms with van der Waals surface area (Å²) in [5, 5.41) is 9.67. The number of amidine groups is 1. The second-order valence-electron chi connectivity index (χ2n) is 17.9. The van der Waals surface area contributed by atoms with Crippen LogP contribution in [0.15, 0.2) is 209 Å². The van der Waals surface area contributed by atoms with Crippen molar-refractivity contribution >= 4 is 76.8 Å². The number of furan rings is 1. The number of fused-ring (bicyclic) bond motifs is 15. The molecule has 0 saturated carbocycles. The molecule has 12 aromatic rings. The minimum Gasteiger partial charge on any atom is -0.456 e. The van der Waals surface area contributed by atoms with Gasteiger partial charge < -0.3 is 8.98 Å². The Balaban J connectivity index is 1.02. The summed E-state index contributed by atoms with van der Waals surface area (Å²) in [6, 6.07) is 70.6. The molecule has 1 atom stereocenters. The number of hydrogen-bond donors (Lipinski definition) is 0. The Morgan fingerprint density at radius 1 is 0.462 bits per heavy atom. The minimum absolute atomic E-state index is 0.345. The maximum absolute atomic E-state index is 6.50. The van der Waals surface area contributed by atoms with Gasteiger partial charge in [0.25, 0.3) is 0 Å². The van der Waals surface area contributed by atoms with Gasteiger partial charge in [-0.2, -0.15) is 0 Å². The molecule has 0 radical (unpaired) electrons. The lowest BCUT2D eigenvalue weighted by Gasteiger charge is -2.17. The van der Waals surface area contributed by atoms with Crippen molar-refractivity contribution in [3.63, 3.8) is 0 Å². The number of hydrogen-bond acceptors (Lipinski definition) is 3. The predicted molar refractivity (Wildman–Crippen MR) is 268 cm³/mol. The monoisotopic (exact) mass is 827 g/mol. The molecular formula is C61H37N3O. The van der Waals surface area contributed by atoms with Crippen LogP contribution in [-0.4, -0.2) is 16.1 Å². The molecule has 0 N–H and O–H groups in total. The van der Waals surface area contributed by atoms with Gasteiger partial charge in [0.2, 0.25) is 0 Å². The Kier molecular flexibility index (Phi) is 7.09. The molecule has 3 aliphatic rings. The van der Waals surface area contributed by atoms with Crippen molar-refractivity contribution in [3.8, 4) is 27.9 Å². The molecule has 0 spiro atoms. The first-order valence-corrected chi connectivity index (χ1v) is 22.6. The van der Waals surface area contributed by atoms with Crippen molar-refractivity contribution in [3.05, 3.63) is 233 Å². The molecule has 65 heavy (non-hydrogen) atoms. The van der Waals surface area contributed by atoms with Crippen LogP contribution in [0.4, 0.5) is 0 Å². The number of aliphatic imine (C=N–C) groups is 2. The zero-order valence-corrected chi connectivity index (χ0v) is 35.2. The summed E-state index contributed by atoms with van der Waals surface area (Å²) < 4.78 is 9.01. The van der Waals surface area contributed by atoms with Gasteiger partial charge in [-0.1, -0.05) is 152 Å². The predicted octanol–water partition coefficient (Wildman–Crippen LogP) is 15.1. The Hall–Kier alpha value is -8.34. The van der Waals surface area contributed by atoms with E-state index in [0.717, 1.165) is 63.1 Å². The quantitative estimate of drug-likeness (QED) is 0.174. The van der Waals surface area contributed by atoms with Gasteiger partial charge in [0.15, 0.2) is 5.84 Å². The van der Waals surface area contributed by atoms with Crippen molar-refractivity contribution in [2.24, 2.45) is 9.98 Å². The van der Waals surface area contributed by atoms with E-state index < -0.39 is 0 Å². The first kappa shape index (κ1) is 35.2. The minimum atomic E-state index is -0.345. The van der Waals surface area contributed by atoms with Gasteiger partial charge in [0.05, 0.1) is 22.4 Å². The van der Waals surface area contributed by atoms with E-state index in [1.165, 1.54) is 93.4 Å². The number of para-hydroxylation sites is 2. The van der Waals surface area contributed by atoms with Gasteiger partial charge in [-0.15, -0.1) is 0 Å². The van der Waals surface area contributed by atoms with Crippen LogP contribution in [0, 0.1) is 0 Å². The third kappa shape index (κ3) is 4.97. The standard InChI is InChI=1S/C61H37N3O/c1-2-15-37-33-52-50(31-36(37)14-1)44-20-7-9-24-51(44)64(52)53-34-41(30-40-32-49-42-18-5-3-13-35(42)27-28-45(49)57(40)53)61-62-59(47-22-11-17-39-29-38-16-4-6-19-43(38)56(39)47)60(63-61)48-23-12-26-55-58(48)46-21-8-10-25-54(46)65-55/h1-28,30-31,33-34,59H,29,32H2. The number of rotatable bonds is 4. The van der Waals surface area contributed by atoms with E-state index in [2.05, 4.69) is 193 Å². The second-order valence-corrected chi connectivity index (χ2v) is 17.9. The summed E-state index contributed by atoms with van der Waals surface area (Å²) in [6.45, 7) is 0. The lowest BCUT2D eigenvalue weighted by molar-refractivity contribution is 0.669. The highest BCUT2D eigenvalue weighted by atomic mass is 16.3. The van der Waals surface area contributed by atoms with E-state index in [1.54, 1.807) is 0 Å². The first-order valence-electron chi connectivity index (χ1n) is 22.6. The molecule has 10 aromatic carbocycles. The summed E-state index contributed by atoms with van der Waals surface area (Å²) in [6.07, 6.45) is 1.73. The highest BCUT2D eigenvalue weighted by Gasteiger charge is 2.35. The van der Waals surface area contributed by atoms with Crippen LogP contribution in [0.25, 0.3) is 93.2 Å². The van der Waals surface area contributed by atoms with Crippen molar-refractivity contribution < 1.29 is 4.42 Å². The smallest absolute Gasteiger partial charge is 0.156 e. The lowest BCUT2D eigenvalue weighted by Crippen LogP contribution is -2.11. The van der Waals surface area contributed by atoms with Gasteiger partial charge in [-0.25, -0.2) is 4.99 Å². The normalized spacial score (nSPS) is 15.0. The van der Waals surface area contributed by atoms with Crippen LogP contribution >= 0.6 is 0 Å². The Morgan fingerprint density at radius 3 is 2.11 bits per heavy atom. The van der Waals surface area contributed by atoms with Gasteiger partial charge in [0, 0.05) is 38.2 Å². The average Bonchev–Trinajstić information content (AvgIpc) is 4.19. The molecule has 3 heterocycles. The Labute approximate surface area is 374 Å². The SMILES string of the molecule is c1ccc2c(c1)Cc1cccc(C3N=C(c4cc5c(c(-n6c7ccccc7c7cc8ccccc8cc76)c4)-c4ccc6ccccc6c4C5)N=C3c3cccc4oc5ccccc5c34)c1-2. The van der Waals surface area contributed by atoms with Crippen molar-refractivity contribution in [1.29, 1.82) is 0 Å². The molecule has 15 rings (SSSR count). The van der Waals surface area contributed by atoms with Crippen LogP contribution in [0.1, 0.15) is 45.0 Å².